The van der Waals surface area contributed by atoms with Crippen molar-refractivity contribution < 1.29 is 8.78 Å². The van der Waals surface area contributed by atoms with Crippen LogP contribution in [0.4, 0.5) is 8.78 Å². The second-order valence-electron chi connectivity index (χ2n) is 5.63. The first-order valence-electron chi connectivity index (χ1n) is 7.52. The van der Waals surface area contributed by atoms with E-state index in [1.807, 2.05) is 39.8 Å². The molecule has 0 bridgehead atoms. The molecule has 0 atom stereocenters. The lowest BCUT2D eigenvalue weighted by atomic mass is 9.94. The average molecular weight is 288 g/mol. The van der Waals surface area contributed by atoms with E-state index in [9.17, 15) is 8.78 Å². The molecule has 0 amide bonds. The molecule has 2 rings (SSSR count). The molecule has 0 saturated carbocycles. The van der Waals surface area contributed by atoms with E-state index < -0.39 is 0 Å². The summed E-state index contributed by atoms with van der Waals surface area (Å²) in [7, 11) is 0. The monoisotopic (exact) mass is 288 g/mol. The van der Waals surface area contributed by atoms with Gasteiger partial charge < -0.3 is 0 Å². The number of rotatable bonds is 4. The topological polar surface area (TPSA) is 0 Å². The maximum Gasteiger partial charge on any atom is 0.127 e. The predicted molar refractivity (Wildman–Crippen MR) is 83.8 cm³/mol. The summed E-state index contributed by atoms with van der Waals surface area (Å²) in [5, 5.41) is 0. The van der Waals surface area contributed by atoms with Crippen molar-refractivity contribution >= 4 is 0 Å². The molecule has 0 aliphatic heterocycles. The van der Waals surface area contributed by atoms with Gasteiger partial charge in [-0.3, -0.25) is 0 Å². The van der Waals surface area contributed by atoms with Gasteiger partial charge in [0.1, 0.15) is 11.6 Å². The van der Waals surface area contributed by atoms with Gasteiger partial charge in [0.2, 0.25) is 0 Å². The Kier molecular flexibility index (Phi) is 4.76. The van der Waals surface area contributed by atoms with Crippen LogP contribution in [0.2, 0.25) is 0 Å². The standard InChI is InChI=1S/C19H22F2/c1-5-14-7-13(4)17(19(21)10-14)9-15-8-12(3)16(6-2)18(20)11-15/h7-8,10-11H,5-6,9H2,1-4H3. The lowest BCUT2D eigenvalue weighted by Crippen LogP contribution is -2.01. The number of benzene rings is 2. The van der Waals surface area contributed by atoms with Crippen molar-refractivity contribution in [3.63, 3.8) is 0 Å². The summed E-state index contributed by atoms with van der Waals surface area (Å²) in [6.45, 7) is 7.78. The highest BCUT2D eigenvalue weighted by Crippen LogP contribution is 2.23. The molecular weight excluding hydrogens is 266 g/mol. The van der Waals surface area contributed by atoms with Gasteiger partial charge in [0.25, 0.3) is 0 Å². The second-order valence-corrected chi connectivity index (χ2v) is 5.63. The Hall–Kier alpha value is -1.70. The molecule has 2 heteroatoms. The van der Waals surface area contributed by atoms with Gasteiger partial charge in [0.15, 0.2) is 0 Å². The molecular formula is C19H22F2. The summed E-state index contributed by atoms with van der Waals surface area (Å²) in [5.74, 6) is -0.375. The van der Waals surface area contributed by atoms with Crippen molar-refractivity contribution in [2.24, 2.45) is 0 Å². The largest absolute Gasteiger partial charge is 0.207 e. The maximum absolute atomic E-state index is 14.2. The number of hydrogen-bond acceptors (Lipinski definition) is 0. The molecule has 0 saturated heterocycles. The fourth-order valence-electron chi connectivity index (χ4n) is 2.87. The molecule has 21 heavy (non-hydrogen) atoms. The molecule has 0 fully saturated rings. The molecule has 0 aliphatic rings. The van der Waals surface area contributed by atoms with Crippen LogP contribution >= 0.6 is 0 Å². The summed E-state index contributed by atoms with van der Waals surface area (Å²) in [6.07, 6.45) is 1.93. The molecule has 2 aromatic rings. The normalized spacial score (nSPS) is 11.0. The van der Waals surface area contributed by atoms with Gasteiger partial charge >= 0.3 is 0 Å². The number of aryl methyl sites for hydroxylation is 3. The molecule has 0 N–H and O–H groups in total. The van der Waals surface area contributed by atoms with E-state index in [0.717, 1.165) is 34.2 Å². The van der Waals surface area contributed by atoms with Gasteiger partial charge in [0.05, 0.1) is 0 Å². The number of halogens is 2. The summed E-state index contributed by atoms with van der Waals surface area (Å²) < 4.78 is 28.3. The van der Waals surface area contributed by atoms with Gasteiger partial charge in [0, 0.05) is 6.42 Å². The molecule has 112 valence electrons. The average Bonchev–Trinajstić information content (AvgIpc) is 2.42. The minimum absolute atomic E-state index is 0.185. The van der Waals surface area contributed by atoms with Gasteiger partial charge in [-0.05, 0) is 72.2 Å². The summed E-state index contributed by atoms with van der Waals surface area (Å²) in [6, 6.07) is 7.11. The zero-order valence-electron chi connectivity index (χ0n) is 13.2. The van der Waals surface area contributed by atoms with Crippen LogP contribution in [0, 0.1) is 25.5 Å². The van der Waals surface area contributed by atoms with E-state index in [1.165, 1.54) is 0 Å². The van der Waals surface area contributed by atoms with Crippen LogP contribution in [0.25, 0.3) is 0 Å². The Bertz CT molecular complexity index is 611. The Morgan fingerprint density at radius 3 is 1.76 bits per heavy atom. The smallest absolute Gasteiger partial charge is 0.127 e. The van der Waals surface area contributed by atoms with Crippen molar-refractivity contribution in [2.45, 2.75) is 47.0 Å². The molecule has 0 nitrogen and oxygen atoms in total. The fourth-order valence-corrected chi connectivity index (χ4v) is 2.87. The molecule has 0 radical (unpaired) electrons. The van der Waals surface area contributed by atoms with E-state index in [4.69, 9.17) is 0 Å². The molecule has 0 aliphatic carbocycles. The van der Waals surface area contributed by atoms with Crippen LogP contribution < -0.4 is 0 Å². The Labute approximate surface area is 125 Å². The van der Waals surface area contributed by atoms with Crippen molar-refractivity contribution in [1.29, 1.82) is 0 Å². The highest BCUT2D eigenvalue weighted by molar-refractivity contribution is 5.39. The first kappa shape index (κ1) is 15.7. The molecule has 2 aromatic carbocycles. The van der Waals surface area contributed by atoms with Crippen molar-refractivity contribution in [1.82, 2.24) is 0 Å². The van der Waals surface area contributed by atoms with E-state index in [1.54, 1.807) is 12.1 Å². The van der Waals surface area contributed by atoms with Gasteiger partial charge in [-0.1, -0.05) is 26.0 Å². The molecule has 0 heterocycles. The van der Waals surface area contributed by atoms with Crippen LogP contribution in [0.1, 0.15) is 47.2 Å². The minimum atomic E-state index is -0.190. The van der Waals surface area contributed by atoms with E-state index in [0.29, 0.717) is 18.4 Å². The summed E-state index contributed by atoms with van der Waals surface area (Å²) >= 11 is 0. The quantitative estimate of drug-likeness (QED) is 0.716. The Morgan fingerprint density at radius 2 is 1.24 bits per heavy atom. The molecule has 0 aromatic heterocycles. The van der Waals surface area contributed by atoms with Crippen LogP contribution in [-0.4, -0.2) is 0 Å². The zero-order chi connectivity index (χ0) is 15.6. The minimum Gasteiger partial charge on any atom is -0.207 e. The second kappa shape index (κ2) is 6.38. The van der Waals surface area contributed by atoms with Crippen molar-refractivity contribution in [3.05, 3.63) is 69.3 Å². The van der Waals surface area contributed by atoms with Gasteiger partial charge in [-0.2, -0.15) is 0 Å². The van der Waals surface area contributed by atoms with Gasteiger partial charge in [-0.15, -0.1) is 0 Å². The highest BCUT2D eigenvalue weighted by atomic mass is 19.1. The first-order chi connectivity index (χ1) is 9.96. The lowest BCUT2D eigenvalue weighted by Gasteiger charge is -2.12. The fraction of sp³-hybridized carbons (Fsp3) is 0.368. The van der Waals surface area contributed by atoms with E-state index in [2.05, 4.69) is 0 Å². The lowest BCUT2D eigenvalue weighted by molar-refractivity contribution is 0.602. The van der Waals surface area contributed by atoms with E-state index >= 15 is 0 Å². The van der Waals surface area contributed by atoms with Crippen LogP contribution in [0.3, 0.4) is 0 Å². The maximum atomic E-state index is 14.2. The zero-order valence-corrected chi connectivity index (χ0v) is 13.2. The third-order valence-corrected chi connectivity index (χ3v) is 4.10. The highest BCUT2D eigenvalue weighted by Gasteiger charge is 2.12. The Balaban J connectivity index is 2.39. The van der Waals surface area contributed by atoms with Crippen molar-refractivity contribution in [3.8, 4) is 0 Å². The van der Waals surface area contributed by atoms with E-state index in [-0.39, 0.29) is 11.6 Å². The first-order valence-corrected chi connectivity index (χ1v) is 7.52. The van der Waals surface area contributed by atoms with Crippen molar-refractivity contribution in [2.75, 3.05) is 0 Å². The van der Waals surface area contributed by atoms with Gasteiger partial charge in [-0.25, -0.2) is 8.78 Å². The third kappa shape index (κ3) is 3.31. The predicted octanol–water partition coefficient (Wildman–Crippen LogP) is 5.30. The SMILES string of the molecule is CCc1cc(C)c(Cc2cc(C)c(CC)c(F)c2)c(F)c1. The Morgan fingerprint density at radius 1 is 0.714 bits per heavy atom. The molecule has 0 unspecified atom stereocenters. The van der Waals surface area contributed by atoms with Crippen LogP contribution in [-0.2, 0) is 19.3 Å². The van der Waals surface area contributed by atoms with Crippen LogP contribution in [0.15, 0.2) is 24.3 Å². The van der Waals surface area contributed by atoms with Crippen LogP contribution in [0.5, 0.6) is 0 Å². The summed E-state index contributed by atoms with van der Waals surface area (Å²) in [4.78, 5) is 0. The summed E-state index contributed by atoms with van der Waals surface area (Å²) in [5.41, 5.74) is 5.11. The molecule has 0 spiro atoms. The third-order valence-electron chi connectivity index (χ3n) is 4.10. The number of hydrogen-bond donors (Lipinski definition) is 0.